The predicted molar refractivity (Wildman–Crippen MR) is 94.1 cm³/mol. The van der Waals surface area contributed by atoms with Gasteiger partial charge in [-0.15, -0.1) is 0 Å². The molecule has 0 saturated carbocycles. The smallest absolute Gasteiger partial charge is 0.349 e. The molecule has 0 spiro atoms. The molecule has 0 bridgehead atoms. The lowest BCUT2D eigenvalue weighted by Gasteiger charge is -2.17. The number of benzene rings is 1. The van der Waals surface area contributed by atoms with Gasteiger partial charge in [0.2, 0.25) is 0 Å². The summed E-state index contributed by atoms with van der Waals surface area (Å²) in [5, 5.41) is 0. The Kier molecular flexibility index (Phi) is 4.80. The van der Waals surface area contributed by atoms with E-state index >= 15 is 0 Å². The van der Waals surface area contributed by atoms with Gasteiger partial charge in [-0.25, -0.2) is 18.0 Å². The Balaban J connectivity index is 1.51. The van der Waals surface area contributed by atoms with Gasteiger partial charge >= 0.3 is 5.69 Å². The Morgan fingerprint density at radius 3 is 2.70 bits per heavy atom. The largest absolute Gasteiger partial charge is 0.485 e. The van der Waals surface area contributed by atoms with Crippen LogP contribution in [0.2, 0.25) is 0 Å². The fourth-order valence-corrected chi connectivity index (χ4v) is 3.92. The fourth-order valence-electron chi connectivity index (χ4n) is 3.92. The first-order chi connectivity index (χ1) is 13.1. The molecule has 8 heteroatoms. The Morgan fingerprint density at radius 1 is 1.19 bits per heavy atom. The third kappa shape index (κ3) is 3.40. The Morgan fingerprint density at radius 2 is 1.96 bits per heavy atom. The third-order valence-corrected chi connectivity index (χ3v) is 5.16. The second-order valence-electron chi connectivity index (χ2n) is 6.91. The zero-order valence-electron chi connectivity index (χ0n) is 14.8. The summed E-state index contributed by atoms with van der Waals surface area (Å²) in [5.41, 5.74) is 0.764. The molecule has 1 saturated heterocycles. The number of anilines is 1. The van der Waals surface area contributed by atoms with Gasteiger partial charge in [-0.2, -0.15) is 4.98 Å². The number of halogens is 3. The maximum Gasteiger partial charge on any atom is 0.349 e. The molecule has 1 aromatic heterocycles. The van der Waals surface area contributed by atoms with Crippen molar-refractivity contribution >= 4 is 5.82 Å². The molecular weight excluding hydrogens is 359 g/mol. The van der Waals surface area contributed by atoms with Crippen LogP contribution in [0.15, 0.2) is 23.0 Å². The molecular formula is C19H20F3N3O2. The van der Waals surface area contributed by atoms with Gasteiger partial charge in [0, 0.05) is 25.2 Å². The molecule has 0 radical (unpaired) electrons. The van der Waals surface area contributed by atoms with E-state index in [1.807, 2.05) is 6.07 Å². The van der Waals surface area contributed by atoms with Gasteiger partial charge in [-0.1, -0.05) is 0 Å². The van der Waals surface area contributed by atoms with E-state index in [4.69, 9.17) is 4.74 Å². The van der Waals surface area contributed by atoms with Crippen molar-refractivity contribution in [3.63, 3.8) is 0 Å². The molecule has 1 fully saturated rings. The second-order valence-corrected chi connectivity index (χ2v) is 6.91. The highest BCUT2D eigenvalue weighted by Crippen LogP contribution is 2.32. The lowest BCUT2D eigenvalue weighted by Crippen LogP contribution is -2.24. The minimum Gasteiger partial charge on any atom is -0.485 e. The van der Waals surface area contributed by atoms with Crippen molar-refractivity contribution in [3.05, 3.63) is 51.6 Å². The predicted octanol–water partition coefficient (Wildman–Crippen LogP) is 2.64. The van der Waals surface area contributed by atoms with E-state index in [1.54, 1.807) is 4.57 Å². The van der Waals surface area contributed by atoms with Gasteiger partial charge < -0.3 is 9.64 Å². The van der Waals surface area contributed by atoms with Crippen LogP contribution < -0.4 is 15.3 Å². The number of aromatic nitrogens is 2. The number of hydrogen-bond acceptors (Lipinski definition) is 4. The van der Waals surface area contributed by atoms with Crippen molar-refractivity contribution in [2.24, 2.45) is 0 Å². The van der Waals surface area contributed by atoms with Crippen molar-refractivity contribution in [1.82, 2.24) is 9.55 Å². The van der Waals surface area contributed by atoms with Crippen LogP contribution in [-0.4, -0.2) is 35.4 Å². The van der Waals surface area contributed by atoms with Gasteiger partial charge in [0.05, 0.1) is 5.69 Å². The molecule has 2 aromatic rings. The van der Waals surface area contributed by atoms with Gasteiger partial charge in [0.25, 0.3) is 0 Å². The molecule has 144 valence electrons. The molecule has 0 amide bonds. The summed E-state index contributed by atoms with van der Waals surface area (Å²) in [6.07, 6.45) is 2.92. The van der Waals surface area contributed by atoms with E-state index in [-0.39, 0.29) is 5.69 Å². The summed E-state index contributed by atoms with van der Waals surface area (Å²) in [4.78, 5) is 18.6. The van der Waals surface area contributed by atoms with E-state index < -0.39 is 30.7 Å². The van der Waals surface area contributed by atoms with Crippen LogP contribution in [0.4, 0.5) is 19.0 Å². The molecule has 4 rings (SSSR count). The van der Waals surface area contributed by atoms with Crippen LogP contribution in [0, 0.1) is 11.6 Å². The monoisotopic (exact) mass is 379 g/mol. The van der Waals surface area contributed by atoms with Crippen LogP contribution in [0.5, 0.6) is 5.75 Å². The van der Waals surface area contributed by atoms with Crippen molar-refractivity contribution in [1.29, 1.82) is 0 Å². The minimum absolute atomic E-state index is 0.274. The summed E-state index contributed by atoms with van der Waals surface area (Å²) in [6.45, 7) is 0.397. The summed E-state index contributed by atoms with van der Waals surface area (Å²) >= 11 is 0. The number of nitrogens with zero attached hydrogens (tertiary/aromatic N) is 3. The average molecular weight is 379 g/mol. The molecule has 5 nitrogen and oxygen atoms in total. The summed E-state index contributed by atoms with van der Waals surface area (Å²) in [5.74, 6) is -1.40. The topological polar surface area (TPSA) is 47.4 Å². The maximum atomic E-state index is 14.0. The summed E-state index contributed by atoms with van der Waals surface area (Å²) in [7, 11) is 0. The Bertz CT molecular complexity index is 893. The summed E-state index contributed by atoms with van der Waals surface area (Å²) in [6, 6.07) is 4.62. The normalized spacial score (nSPS) is 17.9. The van der Waals surface area contributed by atoms with Gasteiger partial charge in [-0.05, 0) is 43.4 Å². The highest BCUT2D eigenvalue weighted by atomic mass is 19.1. The van der Waals surface area contributed by atoms with Crippen molar-refractivity contribution in [3.8, 4) is 5.75 Å². The van der Waals surface area contributed by atoms with Gasteiger partial charge in [0.15, 0.2) is 17.4 Å². The van der Waals surface area contributed by atoms with Gasteiger partial charge in [-0.3, -0.25) is 4.57 Å². The zero-order chi connectivity index (χ0) is 19.0. The number of rotatable bonds is 6. The Labute approximate surface area is 154 Å². The lowest BCUT2D eigenvalue weighted by atomic mass is 10.1. The first-order valence-electron chi connectivity index (χ1n) is 9.11. The van der Waals surface area contributed by atoms with Crippen molar-refractivity contribution in [2.75, 3.05) is 24.7 Å². The molecule has 27 heavy (non-hydrogen) atoms. The van der Waals surface area contributed by atoms with Crippen molar-refractivity contribution in [2.45, 2.75) is 38.3 Å². The molecule has 3 heterocycles. The first kappa shape index (κ1) is 17.9. The minimum atomic E-state index is -0.861. The second kappa shape index (κ2) is 7.25. The third-order valence-electron chi connectivity index (χ3n) is 5.16. The zero-order valence-corrected chi connectivity index (χ0v) is 14.8. The number of fused-ring (bicyclic) bond motifs is 3. The molecule has 0 N–H and O–H groups in total. The number of hydrogen-bond donors (Lipinski definition) is 0. The molecule has 1 atom stereocenters. The first-order valence-corrected chi connectivity index (χ1v) is 9.11. The standard InChI is InChI=1S/C19H20F3N3O2/c20-5-7-27-18-15(21)8-12(9-16(18)22)3-4-13-10-17-24-6-1-2-14(24)11-25(17)19(26)23-13/h8-10,14H,1-7,11H2/t14-/m0/s1. The SMILES string of the molecule is O=c1nc(CCc2cc(F)c(OCCF)c(F)c2)cc2n1C[C@@H]1CCCN21. The molecule has 1 aromatic carbocycles. The quantitative estimate of drug-likeness (QED) is 0.774. The van der Waals surface area contributed by atoms with Crippen LogP contribution in [0.1, 0.15) is 24.1 Å². The highest BCUT2D eigenvalue weighted by molar-refractivity contribution is 5.46. The van der Waals surface area contributed by atoms with E-state index in [0.29, 0.717) is 36.7 Å². The van der Waals surface area contributed by atoms with Crippen LogP contribution in [0.25, 0.3) is 0 Å². The van der Waals surface area contributed by atoms with E-state index in [2.05, 4.69) is 9.88 Å². The highest BCUT2D eigenvalue weighted by Gasteiger charge is 2.34. The average Bonchev–Trinajstić information content (AvgIpc) is 3.22. The molecule has 2 aliphatic heterocycles. The maximum absolute atomic E-state index is 14.0. The van der Waals surface area contributed by atoms with Crippen LogP contribution in [-0.2, 0) is 19.4 Å². The number of ether oxygens (including phenoxy) is 1. The van der Waals surface area contributed by atoms with E-state index in [0.717, 1.165) is 25.2 Å². The molecule has 0 aliphatic carbocycles. The van der Waals surface area contributed by atoms with Crippen LogP contribution in [0.3, 0.4) is 0 Å². The molecule has 2 aliphatic rings. The van der Waals surface area contributed by atoms with E-state index in [9.17, 15) is 18.0 Å². The van der Waals surface area contributed by atoms with Crippen molar-refractivity contribution < 1.29 is 17.9 Å². The summed E-state index contributed by atoms with van der Waals surface area (Å²) < 4.78 is 46.6. The number of aryl methyl sites for hydroxylation is 2. The van der Waals surface area contributed by atoms with Gasteiger partial charge in [0.1, 0.15) is 19.1 Å². The van der Waals surface area contributed by atoms with E-state index in [1.165, 1.54) is 12.1 Å². The lowest BCUT2D eigenvalue weighted by molar-refractivity contribution is 0.251. The molecule has 0 unspecified atom stereocenters. The van der Waals surface area contributed by atoms with Crippen LogP contribution >= 0.6 is 0 Å². The number of alkyl halides is 1. The fraction of sp³-hybridized carbons (Fsp3) is 0.474. The Hall–Kier alpha value is -2.51.